The smallest absolute Gasteiger partial charge is 0.267 e. The molecule has 10 heteroatoms. The van der Waals surface area contributed by atoms with E-state index in [0.717, 1.165) is 16.8 Å². The first-order valence-corrected chi connectivity index (χ1v) is 11.6. The number of carbonyl (C=O) groups is 1. The minimum Gasteiger partial charge on any atom is -0.360 e. The number of fused-ring (bicyclic) bond motifs is 3. The van der Waals surface area contributed by atoms with Gasteiger partial charge in [0.05, 0.1) is 21.8 Å². The molecule has 1 amide bonds. The standard InChI is InChI=1S/C24H22N6O3S/c1-13-9-10-18(14(2)11-13)29-22(32)17-7-5-6-8-19(17)30-23(29)26-27-24(30)34-16(4)21(31)25-20-12-15(3)33-28-20/h5-12,16H,1-4H3,(H,25,28,31). The SMILES string of the molecule is Cc1ccc(-n2c(=O)c3ccccc3n3c(SC(C)C(=O)Nc4cc(C)on4)nnc23)c(C)c1. The lowest BCUT2D eigenvalue weighted by Crippen LogP contribution is -2.24. The zero-order valence-electron chi connectivity index (χ0n) is 19.1. The lowest BCUT2D eigenvalue weighted by Gasteiger charge is -2.14. The van der Waals surface area contributed by atoms with Crippen molar-refractivity contribution in [3.05, 3.63) is 75.8 Å². The van der Waals surface area contributed by atoms with Crippen LogP contribution in [0.1, 0.15) is 23.8 Å². The Labute approximate surface area is 198 Å². The van der Waals surface area contributed by atoms with Crippen LogP contribution in [0.4, 0.5) is 5.82 Å². The maximum Gasteiger partial charge on any atom is 0.267 e. The maximum absolute atomic E-state index is 13.5. The maximum atomic E-state index is 13.5. The van der Waals surface area contributed by atoms with Gasteiger partial charge in [0, 0.05) is 6.07 Å². The van der Waals surface area contributed by atoms with Crippen molar-refractivity contribution < 1.29 is 9.32 Å². The molecule has 34 heavy (non-hydrogen) atoms. The van der Waals surface area contributed by atoms with E-state index in [0.29, 0.717) is 33.4 Å². The van der Waals surface area contributed by atoms with E-state index < -0.39 is 5.25 Å². The fourth-order valence-corrected chi connectivity index (χ4v) is 4.75. The number of benzene rings is 2. The van der Waals surface area contributed by atoms with Crippen LogP contribution in [0.5, 0.6) is 0 Å². The van der Waals surface area contributed by atoms with Crippen molar-refractivity contribution in [3.63, 3.8) is 0 Å². The Kier molecular flexibility index (Phi) is 5.45. The van der Waals surface area contributed by atoms with Gasteiger partial charge in [-0.15, -0.1) is 10.2 Å². The van der Waals surface area contributed by atoms with Crippen LogP contribution < -0.4 is 10.9 Å². The highest BCUT2D eigenvalue weighted by Crippen LogP contribution is 2.27. The number of nitrogens with zero attached hydrogens (tertiary/aromatic N) is 5. The number of hydrogen-bond acceptors (Lipinski definition) is 7. The molecule has 0 radical (unpaired) electrons. The van der Waals surface area contributed by atoms with Gasteiger partial charge < -0.3 is 9.84 Å². The van der Waals surface area contributed by atoms with Crippen LogP contribution in [0.25, 0.3) is 22.4 Å². The summed E-state index contributed by atoms with van der Waals surface area (Å²) in [6.45, 7) is 7.50. The van der Waals surface area contributed by atoms with Crippen LogP contribution in [0, 0.1) is 20.8 Å². The third kappa shape index (κ3) is 3.75. The second kappa shape index (κ2) is 8.45. The molecule has 5 rings (SSSR count). The van der Waals surface area contributed by atoms with Crippen molar-refractivity contribution in [1.29, 1.82) is 0 Å². The van der Waals surface area contributed by atoms with Crippen molar-refractivity contribution in [1.82, 2.24) is 24.3 Å². The molecule has 1 unspecified atom stereocenters. The predicted octanol–water partition coefficient (Wildman–Crippen LogP) is 4.07. The fourth-order valence-electron chi connectivity index (χ4n) is 3.89. The molecule has 0 spiro atoms. The Morgan fingerprint density at radius 1 is 1.09 bits per heavy atom. The number of thioether (sulfide) groups is 1. The molecule has 0 aliphatic rings. The number of carbonyl (C=O) groups excluding carboxylic acids is 1. The van der Waals surface area contributed by atoms with Crippen molar-refractivity contribution >= 4 is 40.2 Å². The molecule has 1 N–H and O–H groups in total. The predicted molar refractivity (Wildman–Crippen MR) is 131 cm³/mol. The molecule has 3 aromatic heterocycles. The van der Waals surface area contributed by atoms with E-state index in [4.69, 9.17) is 4.52 Å². The normalized spacial score (nSPS) is 12.4. The third-order valence-electron chi connectivity index (χ3n) is 5.52. The van der Waals surface area contributed by atoms with Gasteiger partial charge in [0.25, 0.3) is 5.56 Å². The van der Waals surface area contributed by atoms with Crippen LogP contribution in [0.3, 0.4) is 0 Å². The van der Waals surface area contributed by atoms with Gasteiger partial charge in [-0.1, -0.05) is 46.7 Å². The van der Waals surface area contributed by atoms with Gasteiger partial charge in [0.1, 0.15) is 5.76 Å². The van der Waals surface area contributed by atoms with E-state index >= 15 is 0 Å². The van der Waals surface area contributed by atoms with Gasteiger partial charge in [-0.25, -0.2) is 4.57 Å². The first-order chi connectivity index (χ1) is 16.3. The molecule has 3 heterocycles. The van der Waals surface area contributed by atoms with Gasteiger partial charge in [-0.3, -0.25) is 14.0 Å². The fraction of sp³-hybridized carbons (Fsp3) is 0.208. The van der Waals surface area contributed by atoms with Crippen LogP contribution in [0.2, 0.25) is 0 Å². The lowest BCUT2D eigenvalue weighted by molar-refractivity contribution is -0.115. The summed E-state index contributed by atoms with van der Waals surface area (Å²) in [4.78, 5) is 26.3. The van der Waals surface area contributed by atoms with Crippen LogP contribution in [0.15, 0.2) is 63.0 Å². The second-order valence-electron chi connectivity index (χ2n) is 8.14. The molecule has 0 bridgehead atoms. The van der Waals surface area contributed by atoms with Gasteiger partial charge in [0.15, 0.2) is 11.0 Å². The molecule has 0 aliphatic carbocycles. The van der Waals surface area contributed by atoms with Gasteiger partial charge in [-0.05, 0) is 51.5 Å². The highest BCUT2D eigenvalue weighted by atomic mass is 32.2. The van der Waals surface area contributed by atoms with Crippen LogP contribution >= 0.6 is 11.8 Å². The zero-order chi connectivity index (χ0) is 24.0. The number of amides is 1. The van der Waals surface area contributed by atoms with E-state index in [-0.39, 0.29) is 11.5 Å². The average molecular weight is 475 g/mol. The number of hydrogen-bond donors (Lipinski definition) is 1. The topological polar surface area (TPSA) is 107 Å². The highest BCUT2D eigenvalue weighted by molar-refractivity contribution is 8.00. The molecular weight excluding hydrogens is 452 g/mol. The average Bonchev–Trinajstić information content (AvgIpc) is 3.41. The molecule has 0 aliphatic heterocycles. The molecule has 0 fully saturated rings. The van der Waals surface area contributed by atoms with Crippen molar-refractivity contribution in [3.8, 4) is 5.69 Å². The van der Waals surface area contributed by atoms with E-state index in [2.05, 4.69) is 20.7 Å². The van der Waals surface area contributed by atoms with Crippen LogP contribution in [-0.2, 0) is 4.79 Å². The Morgan fingerprint density at radius 2 is 1.88 bits per heavy atom. The summed E-state index contributed by atoms with van der Waals surface area (Å²) in [5.74, 6) is 1.10. The van der Waals surface area contributed by atoms with Crippen molar-refractivity contribution in [2.45, 2.75) is 38.1 Å². The van der Waals surface area contributed by atoms with Crippen LogP contribution in [-0.4, -0.2) is 35.5 Å². The summed E-state index contributed by atoms with van der Waals surface area (Å²) >= 11 is 1.25. The summed E-state index contributed by atoms with van der Waals surface area (Å²) in [6, 6.07) is 14.9. The Hall–Kier alpha value is -3.92. The zero-order valence-corrected chi connectivity index (χ0v) is 19.9. The number of aromatic nitrogens is 5. The van der Waals surface area contributed by atoms with Gasteiger partial charge in [0.2, 0.25) is 11.7 Å². The Balaban J connectivity index is 1.63. The van der Waals surface area contributed by atoms with E-state index in [1.165, 1.54) is 11.8 Å². The van der Waals surface area contributed by atoms with Gasteiger partial charge >= 0.3 is 0 Å². The summed E-state index contributed by atoms with van der Waals surface area (Å²) in [6.07, 6.45) is 0. The number of para-hydroxylation sites is 1. The largest absolute Gasteiger partial charge is 0.360 e. The number of rotatable bonds is 5. The molecular formula is C24H22N6O3S. The molecule has 0 saturated heterocycles. The monoisotopic (exact) mass is 474 g/mol. The Bertz CT molecular complexity index is 1620. The molecule has 0 saturated carbocycles. The molecule has 9 nitrogen and oxygen atoms in total. The quantitative estimate of drug-likeness (QED) is 0.383. The second-order valence-corrected chi connectivity index (χ2v) is 9.45. The summed E-state index contributed by atoms with van der Waals surface area (Å²) in [7, 11) is 0. The molecule has 1 atom stereocenters. The molecule has 2 aromatic carbocycles. The lowest BCUT2D eigenvalue weighted by atomic mass is 10.1. The first-order valence-electron chi connectivity index (χ1n) is 10.7. The third-order valence-corrected chi connectivity index (χ3v) is 6.56. The van der Waals surface area contributed by atoms with Crippen molar-refractivity contribution in [2.24, 2.45) is 0 Å². The van der Waals surface area contributed by atoms with E-state index in [1.807, 2.05) is 54.6 Å². The summed E-state index contributed by atoms with van der Waals surface area (Å²) in [5, 5.41) is 15.8. The van der Waals surface area contributed by atoms with Gasteiger partial charge in [-0.2, -0.15) is 0 Å². The summed E-state index contributed by atoms with van der Waals surface area (Å²) < 4.78 is 8.41. The highest BCUT2D eigenvalue weighted by Gasteiger charge is 2.23. The summed E-state index contributed by atoms with van der Waals surface area (Å²) in [5.41, 5.74) is 3.29. The molecule has 172 valence electrons. The van der Waals surface area contributed by atoms with E-state index in [9.17, 15) is 9.59 Å². The first kappa shape index (κ1) is 21.9. The Morgan fingerprint density at radius 3 is 2.62 bits per heavy atom. The number of nitrogens with one attached hydrogen (secondary N) is 1. The van der Waals surface area contributed by atoms with Crippen molar-refractivity contribution in [2.75, 3.05) is 5.32 Å². The van der Waals surface area contributed by atoms with E-state index in [1.54, 1.807) is 30.5 Å². The number of anilines is 1. The minimum absolute atomic E-state index is 0.175. The molecule has 5 aromatic rings. The number of aryl methyl sites for hydroxylation is 3. The minimum atomic E-state index is -0.510.